The van der Waals surface area contributed by atoms with Crippen molar-refractivity contribution in [3.05, 3.63) is 101 Å². The summed E-state index contributed by atoms with van der Waals surface area (Å²) in [4.78, 5) is 72.7. The zero-order valence-corrected chi connectivity index (χ0v) is 27.5. The maximum atomic E-state index is 13.8. The summed E-state index contributed by atoms with van der Waals surface area (Å²) in [5, 5.41) is 14.5. The Hall–Kier alpha value is -5.77. The second kappa shape index (κ2) is 15.0. The molecule has 5 aromatic rings. The monoisotopic (exact) mass is 683 g/mol. The minimum absolute atomic E-state index is 0.0176. The van der Waals surface area contributed by atoms with Gasteiger partial charge in [0.1, 0.15) is 24.0 Å². The Balaban J connectivity index is 1.30. The molecule has 4 bridgehead atoms. The van der Waals surface area contributed by atoms with Crippen LogP contribution >= 0.6 is 11.3 Å². The molecule has 3 N–H and O–H groups in total. The quantitative estimate of drug-likeness (QED) is 0.238. The summed E-state index contributed by atoms with van der Waals surface area (Å²) in [5.74, 6) is -1.21. The van der Waals surface area contributed by atoms with Gasteiger partial charge in [0.05, 0.1) is 6.54 Å². The van der Waals surface area contributed by atoms with Crippen LogP contribution in [0.15, 0.2) is 75.4 Å². The van der Waals surface area contributed by atoms with Crippen LogP contribution in [-0.2, 0) is 17.8 Å². The SMILES string of the molecule is CC(C)C[C@H]1NC(=O)c2cc(on2)CN(C(=O)c2csc(-c3ncccn3)n2)CCNC(=O)[C@H](Cc2ccccc2)NC(=O)c2coc1n2. The van der Waals surface area contributed by atoms with Gasteiger partial charge in [-0.05, 0) is 24.0 Å². The van der Waals surface area contributed by atoms with E-state index in [-0.39, 0.29) is 60.7 Å². The van der Waals surface area contributed by atoms with Crippen molar-refractivity contribution < 1.29 is 28.1 Å². The van der Waals surface area contributed by atoms with Crippen molar-refractivity contribution in [3.63, 3.8) is 0 Å². The number of carbonyl (C=O) groups excluding carboxylic acids is 4. The molecule has 49 heavy (non-hydrogen) atoms. The molecule has 252 valence electrons. The van der Waals surface area contributed by atoms with Gasteiger partial charge >= 0.3 is 0 Å². The summed E-state index contributed by atoms with van der Waals surface area (Å²) < 4.78 is 11.1. The lowest BCUT2D eigenvalue weighted by molar-refractivity contribution is -0.123. The van der Waals surface area contributed by atoms with Gasteiger partial charge in [0.2, 0.25) is 11.8 Å². The normalized spacial score (nSPS) is 17.5. The summed E-state index contributed by atoms with van der Waals surface area (Å²) in [5.41, 5.74) is 0.906. The van der Waals surface area contributed by atoms with E-state index in [4.69, 9.17) is 8.94 Å². The average molecular weight is 684 g/mol. The molecule has 6 rings (SSSR count). The number of amides is 4. The topological polar surface area (TPSA) is 198 Å². The predicted molar refractivity (Wildman–Crippen MR) is 175 cm³/mol. The first kappa shape index (κ1) is 33.1. The Bertz CT molecular complexity index is 1920. The summed E-state index contributed by atoms with van der Waals surface area (Å²) in [6, 6.07) is 10.7. The molecular weight excluding hydrogens is 650 g/mol. The number of hydrogen-bond acceptors (Lipinski definition) is 12. The first-order valence-corrected chi connectivity index (χ1v) is 16.5. The molecular formula is C33H33N9O6S. The Morgan fingerprint density at radius 2 is 1.76 bits per heavy atom. The lowest BCUT2D eigenvalue weighted by Gasteiger charge is -2.22. The average Bonchev–Trinajstić information content (AvgIpc) is 3.89. The fourth-order valence-corrected chi connectivity index (χ4v) is 5.93. The van der Waals surface area contributed by atoms with E-state index in [1.165, 1.54) is 28.6 Å². The zero-order valence-electron chi connectivity index (χ0n) is 26.7. The lowest BCUT2D eigenvalue weighted by Crippen LogP contribution is -2.49. The molecule has 5 heterocycles. The lowest BCUT2D eigenvalue weighted by atomic mass is 10.0. The summed E-state index contributed by atoms with van der Waals surface area (Å²) in [6.45, 7) is 3.93. The van der Waals surface area contributed by atoms with Gasteiger partial charge < -0.3 is 29.8 Å². The van der Waals surface area contributed by atoms with Gasteiger partial charge in [0.15, 0.2) is 28.0 Å². The van der Waals surface area contributed by atoms with Gasteiger partial charge in [-0.25, -0.2) is 19.9 Å². The van der Waals surface area contributed by atoms with Crippen LogP contribution in [0.3, 0.4) is 0 Å². The molecule has 0 spiro atoms. The van der Waals surface area contributed by atoms with E-state index in [9.17, 15) is 19.2 Å². The molecule has 0 fully saturated rings. The second-order valence-electron chi connectivity index (χ2n) is 11.7. The highest BCUT2D eigenvalue weighted by Crippen LogP contribution is 2.23. The van der Waals surface area contributed by atoms with E-state index in [1.54, 1.807) is 23.8 Å². The first-order chi connectivity index (χ1) is 23.7. The molecule has 4 amide bonds. The van der Waals surface area contributed by atoms with E-state index in [2.05, 4.69) is 41.0 Å². The van der Waals surface area contributed by atoms with Crippen molar-refractivity contribution in [2.24, 2.45) is 5.92 Å². The van der Waals surface area contributed by atoms with Crippen LogP contribution in [0.25, 0.3) is 10.8 Å². The van der Waals surface area contributed by atoms with Gasteiger partial charge in [0.25, 0.3) is 17.7 Å². The van der Waals surface area contributed by atoms with Crippen molar-refractivity contribution in [2.45, 2.75) is 45.3 Å². The maximum absolute atomic E-state index is 13.8. The molecule has 0 aliphatic carbocycles. The smallest absolute Gasteiger partial charge is 0.274 e. The van der Waals surface area contributed by atoms with Crippen molar-refractivity contribution in [2.75, 3.05) is 13.1 Å². The molecule has 4 aromatic heterocycles. The van der Waals surface area contributed by atoms with Gasteiger partial charge in [-0.3, -0.25) is 19.2 Å². The molecule has 1 aliphatic rings. The number of hydrogen-bond donors (Lipinski definition) is 3. The fourth-order valence-electron chi connectivity index (χ4n) is 5.19. The molecule has 16 heteroatoms. The number of fused-ring (bicyclic) bond motifs is 4. The number of nitrogens with one attached hydrogen (secondary N) is 3. The highest BCUT2D eigenvalue weighted by molar-refractivity contribution is 7.13. The minimum Gasteiger partial charge on any atom is -0.446 e. The highest BCUT2D eigenvalue weighted by Gasteiger charge is 2.29. The van der Waals surface area contributed by atoms with Gasteiger partial charge in [0, 0.05) is 43.4 Å². The molecule has 1 aromatic carbocycles. The fraction of sp³-hybridized carbons (Fsp3) is 0.303. The summed E-state index contributed by atoms with van der Waals surface area (Å²) in [7, 11) is 0. The van der Waals surface area contributed by atoms with Crippen molar-refractivity contribution in [1.29, 1.82) is 0 Å². The van der Waals surface area contributed by atoms with E-state index in [0.29, 0.717) is 17.3 Å². The number of thiazole rings is 1. The van der Waals surface area contributed by atoms with Crippen LogP contribution in [0, 0.1) is 5.92 Å². The highest BCUT2D eigenvalue weighted by atomic mass is 32.1. The number of oxazole rings is 1. The maximum Gasteiger partial charge on any atom is 0.274 e. The predicted octanol–water partition coefficient (Wildman–Crippen LogP) is 3.21. The molecule has 0 saturated carbocycles. The molecule has 15 nitrogen and oxygen atoms in total. The zero-order chi connectivity index (χ0) is 34.3. The van der Waals surface area contributed by atoms with E-state index < -0.39 is 35.7 Å². The van der Waals surface area contributed by atoms with Gasteiger partial charge in [-0.2, -0.15) is 0 Å². The summed E-state index contributed by atoms with van der Waals surface area (Å²) in [6.07, 6.45) is 5.01. The van der Waals surface area contributed by atoms with Gasteiger partial charge in [-0.1, -0.05) is 49.3 Å². The van der Waals surface area contributed by atoms with Crippen LogP contribution in [0.2, 0.25) is 0 Å². The van der Waals surface area contributed by atoms with Crippen LogP contribution in [0.4, 0.5) is 0 Å². The number of rotatable bonds is 6. The Morgan fingerprint density at radius 1 is 1.00 bits per heavy atom. The first-order valence-electron chi connectivity index (χ1n) is 15.6. The second-order valence-corrected chi connectivity index (χ2v) is 12.6. The standard InChI is InChI=1S/C33H33N9O6S/c1-19(2)13-24-31-39-25(17-47-31)30(45)37-22(14-20-7-4-3-5-8-20)28(43)36-11-12-42(16-21-15-23(41-48-21)29(44)38-24)33(46)26-18-49-32(40-26)27-34-9-6-10-35-27/h3-10,15,17-19,22,24H,11-14,16H2,1-2H3,(H,36,43)(H,37,45)(H,38,44)/t22-,24+/m0/s1. The van der Waals surface area contributed by atoms with Crippen LogP contribution in [0.1, 0.15) is 75.0 Å². The minimum atomic E-state index is -0.979. The third-order valence-electron chi connectivity index (χ3n) is 7.56. The molecule has 0 radical (unpaired) electrons. The third-order valence-corrected chi connectivity index (χ3v) is 8.39. The number of nitrogens with zero attached hydrogens (tertiary/aromatic N) is 6. The molecule has 2 atom stereocenters. The van der Waals surface area contributed by atoms with E-state index in [1.807, 2.05) is 44.2 Å². The number of aromatic nitrogens is 5. The molecule has 0 saturated heterocycles. The third kappa shape index (κ3) is 8.21. The van der Waals surface area contributed by atoms with Crippen LogP contribution < -0.4 is 16.0 Å². The van der Waals surface area contributed by atoms with Crippen LogP contribution in [0.5, 0.6) is 0 Å². The van der Waals surface area contributed by atoms with Crippen molar-refractivity contribution in [3.8, 4) is 10.8 Å². The van der Waals surface area contributed by atoms with E-state index in [0.717, 1.165) is 5.56 Å². The Labute approximate surface area is 284 Å². The Kier molecular flexibility index (Phi) is 10.1. The Morgan fingerprint density at radius 3 is 2.53 bits per heavy atom. The molecule has 0 unspecified atom stereocenters. The number of carbonyl (C=O) groups is 4. The largest absolute Gasteiger partial charge is 0.446 e. The summed E-state index contributed by atoms with van der Waals surface area (Å²) >= 11 is 1.22. The van der Waals surface area contributed by atoms with Crippen molar-refractivity contribution >= 4 is 35.0 Å². The molecule has 1 aliphatic heterocycles. The van der Waals surface area contributed by atoms with E-state index >= 15 is 0 Å². The van der Waals surface area contributed by atoms with Crippen LogP contribution in [-0.4, -0.2) is 72.8 Å². The van der Waals surface area contributed by atoms with Crippen molar-refractivity contribution in [1.82, 2.24) is 45.9 Å². The van der Waals surface area contributed by atoms with Gasteiger partial charge in [-0.15, -0.1) is 11.3 Å². The number of benzene rings is 1.